The lowest BCUT2D eigenvalue weighted by Gasteiger charge is -2.34. The average Bonchev–Trinajstić information content (AvgIpc) is 2.43. The summed E-state index contributed by atoms with van der Waals surface area (Å²) in [5, 5.41) is 5.52. The summed E-state index contributed by atoms with van der Waals surface area (Å²) in [5.74, 6) is 0.746. The van der Waals surface area contributed by atoms with Gasteiger partial charge in [0.05, 0.1) is 16.4 Å². The third kappa shape index (κ3) is 2.95. The molecule has 0 atom stereocenters. The molecule has 0 saturated heterocycles. The Balaban J connectivity index is 1.91. The molecule has 0 unspecified atom stereocenters. The van der Waals surface area contributed by atoms with Crippen molar-refractivity contribution >= 4 is 23.2 Å². The van der Waals surface area contributed by atoms with Crippen molar-refractivity contribution in [1.82, 2.24) is 14.7 Å². The van der Waals surface area contributed by atoms with E-state index in [4.69, 9.17) is 23.2 Å². The normalized spacial score (nSPS) is 24.1. The quantitative estimate of drug-likeness (QED) is 0.788. The Morgan fingerprint density at radius 2 is 2.12 bits per heavy atom. The minimum absolute atomic E-state index is 0.399. The number of halogens is 2. The summed E-state index contributed by atoms with van der Waals surface area (Å²) in [6.07, 6.45) is 2.29. The molecular formula is C12H19Cl2N3. The Morgan fingerprint density at radius 3 is 2.59 bits per heavy atom. The van der Waals surface area contributed by atoms with Crippen LogP contribution in [0, 0.1) is 12.8 Å². The van der Waals surface area contributed by atoms with Crippen LogP contribution in [0.5, 0.6) is 0 Å². The molecule has 0 amide bonds. The summed E-state index contributed by atoms with van der Waals surface area (Å²) in [5.41, 5.74) is 2.00. The highest BCUT2D eigenvalue weighted by molar-refractivity contribution is 6.31. The molecule has 17 heavy (non-hydrogen) atoms. The Bertz CT molecular complexity index is 397. The van der Waals surface area contributed by atoms with E-state index < -0.39 is 0 Å². The lowest BCUT2D eigenvalue weighted by Crippen LogP contribution is -2.34. The molecule has 1 aromatic rings. The first-order valence-electron chi connectivity index (χ1n) is 5.98. The van der Waals surface area contributed by atoms with Crippen molar-refractivity contribution in [1.29, 1.82) is 0 Å². The summed E-state index contributed by atoms with van der Waals surface area (Å²) < 4.78 is 1.87. The molecule has 96 valence electrons. The van der Waals surface area contributed by atoms with Gasteiger partial charge in [0.25, 0.3) is 0 Å². The van der Waals surface area contributed by atoms with Crippen LogP contribution >= 0.6 is 23.2 Å². The predicted octanol–water partition coefficient (Wildman–Crippen LogP) is 2.83. The van der Waals surface area contributed by atoms with Crippen molar-refractivity contribution in [3.63, 3.8) is 0 Å². The summed E-state index contributed by atoms with van der Waals surface area (Å²) in [6, 6.07) is 0. The van der Waals surface area contributed by atoms with Gasteiger partial charge in [-0.15, -0.1) is 11.6 Å². The Morgan fingerprint density at radius 1 is 1.47 bits per heavy atom. The highest BCUT2D eigenvalue weighted by atomic mass is 35.5. The number of alkyl halides is 1. The van der Waals surface area contributed by atoms with Crippen molar-refractivity contribution in [3.8, 4) is 0 Å². The second-order valence-electron chi connectivity index (χ2n) is 5.10. The van der Waals surface area contributed by atoms with E-state index in [1.807, 2.05) is 18.7 Å². The van der Waals surface area contributed by atoms with Crippen molar-refractivity contribution in [3.05, 3.63) is 16.4 Å². The molecule has 3 nitrogen and oxygen atoms in total. The van der Waals surface area contributed by atoms with E-state index in [2.05, 4.69) is 17.0 Å². The first kappa shape index (κ1) is 13.2. The number of rotatable bonds is 4. The largest absolute Gasteiger partial charge is 0.300 e. The molecule has 0 N–H and O–H groups in total. The zero-order valence-corrected chi connectivity index (χ0v) is 12.1. The van der Waals surface area contributed by atoms with E-state index in [0.29, 0.717) is 5.38 Å². The molecule has 1 aromatic heterocycles. The lowest BCUT2D eigenvalue weighted by atomic mass is 9.84. The van der Waals surface area contributed by atoms with E-state index in [0.717, 1.165) is 48.3 Å². The molecule has 1 heterocycles. The molecule has 0 spiro atoms. The molecule has 1 aliphatic rings. The first-order chi connectivity index (χ1) is 7.97. The molecule has 0 radical (unpaired) electrons. The maximum absolute atomic E-state index is 6.23. The van der Waals surface area contributed by atoms with Crippen LogP contribution in [-0.2, 0) is 13.6 Å². The van der Waals surface area contributed by atoms with Crippen molar-refractivity contribution in [2.75, 3.05) is 13.6 Å². The van der Waals surface area contributed by atoms with Gasteiger partial charge in [0.15, 0.2) is 0 Å². The third-order valence-electron chi connectivity index (χ3n) is 3.43. The number of aromatic nitrogens is 2. The maximum Gasteiger partial charge on any atom is 0.0860 e. The monoisotopic (exact) mass is 275 g/mol. The molecular weight excluding hydrogens is 257 g/mol. The van der Waals surface area contributed by atoms with E-state index in [9.17, 15) is 0 Å². The van der Waals surface area contributed by atoms with Crippen molar-refractivity contribution in [2.45, 2.75) is 31.7 Å². The zero-order valence-electron chi connectivity index (χ0n) is 10.6. The number of hydrogen-bond acceptors (Lipinski definition) is 2. The molecule has 1 fully saturated rings. The molecule has 0 bridgehead atoms. The minimum Gasteiger partial charge on any atom is -0.300 e. The second kappa shape index (κ2) is 5.17. The Labute approximate surface area is 113 Å². The van der Waals surface area contributed by atoms with Gasteiger partial charge in [-0.1, -0.05) is 11.6 Å². The van der Waals surface area contributed by atoms with Crippen LogP contribution in [0.25, 0.3) is 0 Å². The fourth-order valence-electron chi connectivity index (χ4n) is 2.42. The Hall–Kier alpha value is -0.250. The van der Waals surface area contributed by atoms with Crippen LogP contribution in [0.4, 0.5) is 0 Å². The molecule has 0 aromatic carbocycles. The van der Waals surface area contributed by atoms with Gasteiger partial charge < -0.3 is 4.90 Å². The summed E-state index contributed by atoms with van der Waals surface area (Å²) in [6.45, 7) is 3.87. The van der Waals surface area contributed by atoms with E-state index >= 15 is 0 Å². The van der Waals surface area contributed by atoms with Crippen LogP contribution < -0.4 is 0 Å². The number of hydrogen-bond donors (Lipinski definition) is 0. The minimum atomic E-state index is 0.399. The maximum atomic E-state index is 6.23. The summed E-state index contributed by atoms with van der Waals surface area (Å²) >= 11 is 12.2. The third-order valence-corrected chi connectivity index (χ3v) is 4.28. The predicted molar refractivity (Wildman–Crippen MR) is 71.7 cm³/mol. The number of aryl methyl sites for hydroxylation is 2. The standard InChI is InChI=1S/C12H19Cl2N3/c1-8-12(14)11(17(3)15-8)7-16(2)6-9-4-10(13)5-9/h9-10H,4-7H2,1-3H3. The fourth-order valence-corrected chi connectivity index (χ4v) is 3.14. The van der Waals surface area contributed by atoms with Gasteiger partial charge in [-0.2, -0.15) is 5.10 Å². The van der Waals surface area contributed by atoms with Gasteiger partial charge in [-0.05, 0) is 32.7 Å². The Kier molecular flexibility index (Phi) is 4.01. The second-order valence-corrected chi connectivity index (χ2v) is 6.10. The number of nitrogens with zero attached hydrogens (tertiary/aromatic N) is 3. The van der Waals surface area contributed by atoms with Gasteiger partial charge in [-0.25, -0.2) is 0 Å². The van der Waals surface area contributed by atoms with Gasteiger partial charge >= 0.3 is 0 Å². The SMILES string of the molecule is Cc1nn(C)c(CN(C)CC2CC(Cl)C2)c1Cl. The first-order valence-corrected chi connectivity index (χ1v) is 6.79. The zero-order chi connectivity index (χ0) is 12.6. The molecule has 2 rings (SSSR count). The van der Waals surface area contributed by atoms with Crippen LogP contribution in [0.15, 0.2) is 0 Å². The summed E-state index contributed by atoms with van der Waals surface area (Å²) in [4.78, 5) is 2.30. The van der Waals surface area contributed by atoms with Crippen LogP contribution in [-0.4, -0.2) is 33.6 Å². The van der Waals surface area contributed by atoms with E-state index in [1.165, 1.54) is 0 Å². The van der Waals surface area contributed by atoms with Gasteiger partial charge in [0.2, 0.25) is 0 Å². The highest BCUT2D eigenvalue weighted by Crippen LogP contribution is 2.32. The molecule has 1 aliphatic carbocycles. The van der Waals surface area contributed by atoms with Crippen LogP contribution in [0.2, 0.25) is 5.02 Å². The smallest absolute Gasteiger partial charge is 0.0860 e. The van der Waals surface area contributed by atoms with E-state index in [1.54, 1.807) is 0 Å². The van der Waals surface area contributed by atoms with Gasteiger partial charge in [-0.3, -0.25) is 4.68 Å². The van der Waals surface area contributed by atoms with Gasteiger partial charge in [0, 0.05) is 25.5 Å². The van der Waals surface area contributed by atoms with Crippen LogP contribution in [0.3, 0.4) is 0 Å². The molecule has 1 saturated carbocycles. The van der Waals surface area contributed by atoms with Gasteiger partial charge in [0.1, 0.15) is 0 Å². The lowest BCUT2D eigenvalue weighted by molar-refractivity contribution is 0.201. The topological polar surface area (TPSA) is 21.1 Å². The van der Waals surface area contributed by atoms with Crippen molar-refractivity contribution in [2.24, 2.45) is 13.0 Å². The van der Waals surface area contributed by atoms with E-state index in [-0.39, 0.29) is 0 Å². The molecule has 0 aliphatic heterocycles. The van der Waals surface area contributed by atoms with Crippen molar-refractivity contribution < 1.29 is 0 Å². The highest BCUT2D eigenvalue weighted by Gasteiger charge is 2.28. The fraction of sp³-hybridized carbons (Fsp3) is 0.750. The summed E-state index contributed by atoms with van der Waals surface area (Å²) in [7, 11) is 4.07. The molecule has 5 heteroatoms. The van der Waals surface area contributed by atoms with Crippen LogP contribution in [0.1, 0.15) is 24.2 Å². The average molecular weight is 276 g/mol.